The second-order valence-electron chi connectivity index (χ2n) is 5.21. The Labute approximate surface area is 132 Å². The minimum Gasteiger partial charge on any atom is -0.474 e. The summed E-state index contributed by atoms with van der Waals surface area (Å²) < 4.78 is 44.2. The maximum Gasteiger partial charge on any atom is 0.423 e. The Morgan fingerprint density at radius 3 is 2.52 bits per heavy atom. The number of benzene rings is 1. The second kappa shape index (κ2) is 6.85. The van der Waals surface area contributed by atoms with E-state index in [0.717, 1.165) is 23.9 Å². The van der Waals surface area contributed by atoms with Gasteiger partial charge in [0.05, 0.1) is 6.10 Å². The van der Waals surface area contributed by atoms with Crippen LogP contribution in [-0.4, -0.2) is 16.1 Å². The zero-order chi connectivity index (χ0) is 17.0. The van der Waals surface area contributed by atoms with Crippen LogP contribution in [0.5, 0.6) is 5.88 Å². The van der Waals surface area contributed by atoms with Crippen LogP contribution in [0.2, 0.25) is 0 Å². The number of hydrogen-bond donors (Lipinski definition) is 1. The predicted octanol–water partition coefficient (Wildman–Crippen LogP) is 4.59. The molecule has 4 nitrogen and oxygen atoms in total. The highest BCUT2D eigenvalue weighted by Crippen LogP contribution is 2.35. The van der Waals surface area contributed by atoms with Gasteiger partial charge in [0.15, 0.2) is 0 Å². The first-order valence-electron chi connectivity index (χ1n) is 7.27. The standard InChI is InChI=1S/C16H18F3N3O/c1-4-11-7-5-6-8-13(11)21-15-20-9-12(16(17,18)19)14(22-15)23-10(2)3/h5-10H,4H2,1-3H3,(H,20,21,22). The van der Waals surface area contributed by atoms with Crippen LogP contribution in [0.15, 0.2) is 30.5 Å². The molecule has 1 N–H and O–H groups in total. The molecule has 0 amide bonds. The van der Waals surface area contributed by atoms with E-state index in [9.17, 15) is 13.2 Å². The van der Waals surface area contributed by atoms with E-state index >= 15 is 0 Å². The molecular formula is C16H18F3N3O. The number of ether oxygens (including phenoxy) is 1. The lowest BCUT2D eigenvalue weighted by atomic mass is 10.1. The lowest BCUT2D eigenvalue weighted by Gasteiger charge is -2.16. The number of para-hydroxylation sites is 1. The zero-order valence-electron chi connectivity index (χ0n) is 13.1. The summed E-state index contributed by atoms with van der Waals surface area (Å²) in [5, 5.41) is 2.95. The van der Waals surface area contributed by atoms with Crippen LogP contribution in [-0.2, 0) is 12.6 Å². The van der Waals surface area contributed by atoms with Crippen LogP contribution >= 0.6 is 0 Å². The molecule has 0 saturated carbocycles. The Kier molecular flexibility index (Phi) is 5.08. The van der Waals surface area contributed by atoms with E-state index in [1.165, 1.54) is 0 Å². The molecule has 124 valence electrons. The third-order valence-corrected chi connectivity index (χ3v) is 3.05. The summed E-state index contributed by atoms with van der Waals surface area (Å²) in [6.45, 7) is 5.27. The van der Waals surface area contributed by atoms with Gasteiger partial charge in [0.25, 0.3) is 0 Å². The van der Waals surface area contributed by atoms with E-state index in [0.29, 0.717) is 0 Å². The molecule has 7 heteroatoms. The van der Waals surface area contributed by atoms with Crippen molar-refractivity contribution < 1.29 is 17.9 Å². The molecule has 0 unspecified atom stereocenters. The molecule has 0 bridgehead atoms. The van der Waals surface area contributed by atoms with Crippen molar-refractivity contribution in [2.24, 2.45) is 0 Å². The molecule has 1 aromatic carbocycles. The van der Waals surface area contributed by atoms with Gasteiger partial charge in [-0.2, -0.15) is 18.2 Å². The van der Waals surface area contributed by atoms with Crippen molar-refractivity contribution in [1.29, 1.82) is 0 Å². The van der Waals surface area contributed by atoms with Gasteiger partial charge in [0, 0.05) is 11.9 Å². The lowest BCUT2D eigenvalue weighted by molar-refractivity contribution is -0.139. The zero-order valence-corrected chi connectivity index (χ0v) is 13.1. The molecule has 0 radical (unpaired) electrons. The van der Waals surface area contributed by atoms with Crippen molar-refractivity contribution in [1.82, 2.24) is 9.97 Å². The minimum absolute atomic E-state index is 0.0644. The number of halogens is 3. The molecular weight excluding hydrogens is 307 g/mol. The van der Waals surface area contributed by atoms with Gasteiger partial charge in [-0.05, 0) is 31.9 Å². The van der Waals surface area contributed by atoms with E-state index in [1.807, 2.05) is 31.2 Å². The number of alkyl halides is 3. The summed E-state index contributed by atoms with van der Waals surface area (Å²) >= 11 is 0. The number of aromatic nitrogens is 2. The Morgan fingerprint density at radius 2 is 1.91 bits per heavy atom. The van der Waals surface area contributed by atoms with Crippen LogP contribution in [0.3, 0.4) is 0 Å². The van der Waals surface area contributed by atoms with Gasteiger partial charge >= 0.3 is 6.18 Å². The maximum absolute atomic E-state index is 13.0. The smallest absolute Gasteiger partial charge is 0.423 e. The van der Waals surface area contributed by atoms with Gasteiger partial charge in [0.2, 0.25) is 11.8 Å². The van der Waals surface area contributed by atoms with Crippen LogP contribution < -0.4 is 10.1 Å². The van der Waals surface area contributed by atoms with Crippen molar-refractivity contribution in [2.75, 3.05) is 5.32 Å². The highest BCUT2D eigenvalue weighted by atomic mass is 19.4. The average Bonchev–Trinajstić information content (AvgIpc) is 2.46. The van der Waals surface area contributed by atoms with Crippen molar-refractivity contribution in [2.45, 2.75) is 39.5 Å². The molecule has 0 atom stereocenters. The summed E-state index contributed by atoms with van der Waals surface area (Å²) in [5.41, 5.74) is 0.785. The van der Waals surface area contributed by atoms with E-state index in [4.69, 9.17) is 4.74 Å². The quantitative estimate of drug-likeness (QED) is 0.873. The summed E-state index contributed by atoms with van der Waals surface area (Å²) in [6, 6.07) is 7.48. The largest absolute Gasteiger partial charge is 0.474 e. The van der Waals surface area contributed by atoms with Crippen LogP contribution in [0.1, 0.15) is 31.9 Å². The van der Waals surface area contributed by atoms with Gasteiger partial charge in [-0.15, -0.1) is 0 Å². The van der Waals surface area contributed by atoms with E-state index in [1.54, 1.807) is 13.8 Å². The predicted molar refractivity (Wildman–Crippen MR) is 81.9 cm³/mol. The summed E-state index contributed by atoms with van der Waals surface area (Å²) in [4.78, 5) is 7.65. The number of aryl methyl sites for hydroxylation is 1. The molecule has 2 aromatic rings. The molecule has 23 heavy (non-hydrogen) atoms. The van der Waals surface area contributed by atoms with Crippen molar-refractivity contribution in [3.05, 3.63) is 41.6 Å². The average molecular weight is 325 g/mol. The maximum atomic E-state index is 13.0. The first-order chi connectivity index (χ1) is 10.8. The fraction of sp³-hybridized carbons (Fsp3) is 0.375. The minimum atomic E-state index is -4.57. The SMILES string of the molecule is CCc1ccccc1Nc1ncc(C(F)(F)F)c(OC(C)C)n1. The molecule has 2 rings (SSSR count). The van der Waals surface area contributed by atoms with Gasteiger partial charge in [0.1, 0.15) is 5.56 Å². The van der Waals surface area contributed by atoms with Crippen LogP contribution in [0.4, 0.5) is 24.8 Å². The normalized spacial score (nSPS) is 11.6. The fourth-order valence-corrected chi connectivity index (χ4v) is 2.00. The van der Waals surface area contributed by atoms with Gasteiger partial charge in [-0.3, -0.25) is 0 Å². The van der Waals surface area contributed by atoms with Crippen molar-refractivity contribution >= 4 is 11.6 Å². The summed E-state index contributed by atoms with van der Waals surface area (Å²) in [6.07, 6.45) is -3.48. The first-order valence-corrected chi connectivity index (χ1v) is 7.27. The molecule has 0 aliphatic carbocycles. The van der Waals surface area contributed by atoms with Crippen molar-refractivity contribution in [3.8, 4) is 5.88 Å². The summed E-state index contributed by atoms with van der Waals surface area (Å²) in [7, 11) is 0. The van der Waals surface area contributed by atoms with E-state index in [2.05, 4.69) is 15.3 Å². The highest BCUT2D eigenvalue weighted by Gasteiger charge is 2.36. The van der Waals surface area contributed by atoms with E-state index in [-0.39, 0.29) is 5.95 Å². The Bertz CT molecular complexity index is 672. The van der Waals surface area contributed by atoms with E-state index < -0.39 is 23.7 Å². The highest BCUT2D eigenvalue weighted by molar-refractivity contribution is 5.58. The molecule has 1 aromatic heterocycles. The van der Waals surface area contributed by atoms with Crippen LogP contribution in [0, 0.1) is 0 Å². The summed E-state index contributed by atoms with van der Waals surface area (Å²) in [5.74, 6) is -0.409. The lowest BCUT2D eigenvalue weighted by Crippen LogP contribution is -2.15. The first kappa shape index (κ1) is 17.1. The van der Waals surface area contributed by atoms with Gasteiger partial charge in [-0.25, -0.2) is 4.98 Å². The number of rotatable bonds is 5. The molecule has 0 saturated heterocycles. The van der Waals surface area contributed by atoms with Crippen LogP contribution in [0.25, 0.3) is 0 Å². The monoisotopic (exact) mass is 325 g/mol. The Balaban J connectivity index is 2.37. The molecule has 0 fully saturated rings. The Hall–Kier alpha value is -2.31. The van der Waals surface area contributed by atoms with Crippen molar-refractivity contribution in [3.63, 3.8) is 0 Å². The molecule has 1 heterocycles. The topological polar surface area (TPSA) is 47.0 Å². The Morgan fingerprint density at radius 1 is 1.22 bits per heavy atom. The van der Waals surface area contributed by atoms with Gasteiger partial charge in [-0.1, -0.05) is 25.1 Å². The second-order valence-corrected chi connectivity index (χ2v) is 5.21. The number of hydrogen-bond acceptors (Lipinski definition) is 4. The number of nitrogens with one attached hydrogen (secondary N) is 1. The molecule has 0 aliphatic rings. The third kappa shape index (κ3) is 4.34. The number of nitrogens with zero attached hydrogens (tertiary/aromatic N) is 2. The molecule has 0 spiro atoms. The van der Waals surface area contributed by atoms with Gasteiger partial charge < -0.3 is 10.1 Å². The fourth-order valence-electron chi connectivity index (χ4n) is 2.00. The third-order valence-electron chi connectivity index (χ3n) is 3.05. The number of anilines is 2. The molecule has 0 aliphatic heterocycles.